The summed E-state index contributed by atoms with van der Waals surface area (Å²) in [6, 6.07) is 5.44. The van der Waals surface area contributed by atoms with E-state index in [1.54, 1.807) is 6.07 Å². The van der Waals surface area contributed by atoms with Crippen LogP contribution in [0.3, 0.4) is 0 Å². The van der Waals surface area contributed by atoms with E-state index >= 15 is 0 Å². The number of nitrogens with zero attached hydrogens (tertiary/aromatic N) is 1. The molecule has 0 spiro atoms. The molecule has 2 radical (unpaired) electrons. The minimum Gasteiger partial charge on any atom is -0.432 e. The number of unbranched alkanes of at least 4 members (excludes halogenated alkanes) is 8. The first kappa shape index (κ1) is 19.9. The fourth-order valence-electron chi connectivity index (χ4n) is 2.85. The second-order valence-electron chi connectivity index (χ2n) is 6.41. The Morgan fingerprint density at radius 2 is 1.80 bits per heavy atom. The fourth-order valence-corrected chi connectivity index (χ4v) is 3.14. The lowest BCUT2D eigenvalue weighted by atomic mass is 10.1. The molecule has 25 heavy (non-hydrogen) atoms. The van der Waals surface area contributed by atoms with Gasteiger partial charge in [0, 0.05) is 12.1 Å². The standard InChI is InChI=1S/C19H27BN2O2S/c1-2-3-4-5-6-7-8-9-10-11-18(23)21-15-12-13-17-16(14-15)22-19(24-17)25-20/h12-14H,2-11H2,1H3,(H,21,23). The minimum atomic E-state index is 0.0548. The Hall–Kier alpha value is -1.43. The molecule has 6 heteroatoms. The molecular formula is C19H27BN2O2S. The van der Waals surface area contributed by atoms with Crippen molar-refractivity contribution in [2.24, 2.45) is 0 Å². The second-order valence-corrected chi connectivity index (χ2v) is 6.99. The van der Waals surface area contributed by atoms with Gasteiger partial charge in [-0.05, 0) is 24.6 Å². The predicted octanol–water partition coefficient (Wildman–Crippen LogP) is 5.86. The lowest BCUT2D eigenvalue weighted by Gasteiger charge is -2.05. The van der Waals surface area contributed by atoms with Gasteiger partial charge in [-0.15, -0.1) is 11.6 Å². The predicted molar refractivity (Wildman–Crippen MR) is 106 cm³/mol. The summed E-state index contributed by atoms with van der Waals surface area (Å²) in [5.74, 6) is 0.0548. The van der Waals surface area contributed by atoms with Crippen LogP contribution in [0.1, 0.15) is 71.1 Å². The van der Waals surface area contributed by atoms with Crippen LogP contribution in [0.25, 0.3) is 11.1 Å². The zero-order chi connectivity index (χ0) is 17.9. The van der Waals surface area contributed by atoms with Crippen molar-refractivity contribution in [3.8, 4) is 0 Å². The monoisotopic (exact) mass is 358 g/mol. The topological polar surface area (TPSA) is 55.1 Å². The molecule has 0 aliphatic heterocycles. The van der Waals surface area contributed by atoms with Crippen LogP contribution in [0.5, 0.6) is 0 Å². The molecule has 2 aromatic rings. The largest absolute Gasteiger partial charge is 0.432 e. The summed E-state index contributed by atoms with van der Waals surface area (Å²) < 4.78 is 5.42. The van der Waals surface area contributed by atoms with Crippen LogP contribution in [0, 0.1) is 0 Å². The molecule has 0 unspecified atom stereocenters. The number of carbonyl (C=O) groups is 1. The van der Waals surface area contributed by atoms with Crippen LogP contribution in [-0.4, -0.2) is 18.0 Å². The van der Waals surface area contributed by atoms with Crippen molar-refractivity contribution in [2.75, 3.05) is 5.32 Å². The van der Waals surface area contributed by atoms with Gasteiger partial charge in [0.15, 0.2) is 12.7 Å². The molecule has 134 valence electrons. The van der Waals surface area contributed by atoms with Gasteiger partial charge >= 0.3 is 0 Å². The second kappa shape index (κ2) is 11.2. The van der Waals surface area contributed by atoms with Crippen LogP contribution in [0.2, 0.25) is 0 Å². The summed E-state index contributed by atoms with van der Waals surface area (Å²) in [7, 11) is 5.44. The summed E-state index contributed by atoms with van der Waals surface area (Å²) in [4.78, 5) is 16.3. The summed E-state index contributed by atoms with van der Waals surface area (Å²) in [5, 5.41) is 3.35. The number of aromatic nitrogens is 1. The summed E-state index contributed by atoms with van der Waals surface area (Å²) >= 11 is 0.972. The van der Waals surface area contributed by atoms with Gasteiger partial charge in [-0.2, -0.15) is 0 Å². The summed E-state index contributed by atoms with van der Waals surface area (Å²) in [5.41, 5.74) is 2.12. The van der Waals surface area contributed by atoms with E-state index < -0.39 is 0 Å². The molecule has 0 aliphatic carbocycles. The van der Waals surface area contributed by atoms with Crippen LogP contribution in [0.4, 0.5) is 5.69 Å². The van der Waals surface area contributed by atoms with E-state index in [0.29, 0.717) is 22.7 Å². The van der Waals surface area contributed by atoms with E-state index in [-0.39, 0.29) is 5.91 Å². The first-order valence-corrected chi connectivity index (χ1v) is 10.2. The number of hydrogen-bond donors (Lipinski definition) is 1. The average molecular weight is 358 g/mol. The molecule has 0 saturated carbocycles. The number of hydrogen-bond acceptors (Lipinski definition) is 4. The third kappa shape index (κ3) is 7.14. The van der Waals surface area contributed by atoms with Crippen molar-refractivity contribution in [2.45, 2.75) is 76.4 Å². The van der Waals surface area contributed by atoms with Gasteiger partial charge in [0.2, 0.25) is 11.1 Å². The highest BCUT2D eigenvalue weighted by molar-refractivity contribution is 8.19. The van der Waals surface area contributed by atoms with Crippen molar-refractivity contribution in [3.63, 3.8) is 0 Å². The van der Waals surface area contributed by atoms with Gasteiger partial charge in [0.05, 0.1) is 0 Å². The molecule has 1 aromatic heterocycles. The van der Waals surface area contributed by atoms with E-state index in [1.165, 1.54) is 44.9 Å². The first-order valence-electron chi connectivity index (χ1n) is 9.30. The lowest BCUT2D eigenvalue weighted by Crippen LogP contribution is -2.10. The van der Waals surface area contributed by atoms with Crippen LogP contribution < -0.4 is 5.32 Å². The van der Waals surface area contributed by atoms with Gasteiger partial charge in [-0.25, -0.2) is 4.98 Å². The number of benzene rings is 1. The van der Waals surface area contributed by atoms with Gasteiger partial charge < -0.3 is 9.73 Å². The van der Waals surface area contributed by atoms with E-state index in [9.17, 15) is 4.79 Å². The molecule has 0 bridgehead atoms. The Morgan fingerprint density at radius 1 is 1.12 bits per heavy atom. The van der Waals surface area contributed by atoms with Crippen molar-refractivity contribution in [1.29, 1.82) is 0 Å². The number of oxazole rings is 1. The van der Waals surface area contributed by atoms with Gasteiger partial charge in [-0.1, -0.05) is 58.3 Å². The Morgan fingerprint density at radius 3 is 2.48 bits per heavy atom. The first-order chi connectivity index (χ1) is 12.2. The molecule has 0 atom stereocenters. The number of fused-ring (bicyclic) bond motifs is 1. The van der Waals surface area contributed by atoms with Gasteiger partial charge in [0.25, 0.3) is 0 Å². The van der Waals surface area contributed by atoms with E-state index in [2.05, 4.69) is 17.2 Å². The van der Waals surface area contributed by atoms with Gasteiger partial charge in [-0.3, -0.25) is 4.79 Å². The van der Waals surface area contributed by atoms with E-state index in [1.807, 2.05) is 12.1 Å². The molecule has 0 saturated heterocycles. The normalized spacial score (nSPS) is 11.1. The smallest absolute Gasteiger partial charge is 0.244 e. The molecule has 4 nitrogen and oxygen atoms in total. The fraction of sp³-hybridized carbons (Fsp3) is 0.579. The molecule has 1 heterocycles. The molecule has 0 fully saturated rings. The maximum absolute atomic E-state index is 12.0. The molecule has 1 amide bonds. The lowest BCUT2D eigenvalue weighted by molar-refractivity contribution is -0.116. The third-order valence-corrected chi connectivity index (χ3v) is 4.64. The zero-order valence-electron chi connectivity index (χ0n) is 15.1. The van der Waals surface area contributed by atoms with E-state index in [0.717, 1.165) is 30.1 Å². The van der Waals surface area contributed by atoms with Crippen LogP contribution >= 0.6 is 11.6 Å². The minimum absolute atomic E-state index is 0.0548. The molecule has 1 N–H and O–H groups in total. The number of anilines is 1. The van der Waals surface area contributed by atoms with Crippen molar-refractivity contribution in [3.05, 3.63) is 18.2 Å². The number of amides is 1. The SMILES string of the molecule is [B]Sc1nc2cc(NC(=O)CCCCCCCCCCC)ccc2o1. The summed E-state index contributed by atoms with van der Waals surface area (Å²) in [6.45, 7) is 2.24. The quantitative estimate of drug-likeness (QED) is 0.381. The number of carbonyl (C=O) groups excluding carboxylic acids is 1. The van der Waals surface area contributed by atoms with Crippen LogP contribution in [-0.2, 0) is 4.79 Å². The highest BCUT2D eigenvalue weighted by atomic mass is 32.2. The van der Waals surface area contributed by atoms with Gasteiger partial charge in [0.1, 0.15) is 5.52 Å². The highest BCUT2D eigenvalue weighted by Gasteiger charge is 2.07. The Bertz CT molecular complexity index is 660. The molecule has 2 rings (SSSR count). The Labute approximate surface area is 155 Å². The molecule has 1 aromatic carbocycles. The summed E-state index contributed by atoms with van der Waals surface area (Å²) in [6.07, 6.45) is 11.8. The van der Waals surface area contributed by atoms with Crippen LogP contribution in [0.15, 0.2) is 27.8 Å². The van der Waals surface area contributed by atoms with Crippen molar-refractivity contribution >= 4 is 41.4 Å². The maximum atomic E-state index is 12.0. The highest BCUT2D eigenvalue weighted by Crippen LogP contribution is 2.24. The average Bonchev–Trinajstić information content (AvgIpc) is 3.02. The number of rotatable bonds is 12. The van der Waals surface area contributed by atoms with Crippen molar-refractivity contribution < 1.29 is 9.21 Å². The Balaban J connectivity index is 1.62. The molecular weight excluding hydrogens is 331 g/mol. The zero-order valence-corrected chi connectivity index (χ0v) is 15.9. The Kier molecular flexibility index (Phi) is 8.94. The van der Waals surface area contributed by atoms with Crippen molar-refractivity contribution in [1.82, 2.24) is 4.98 Å². The third-order valence-electron chi connectivity index (χ3n) is 4.26. The van der Waals surface area contributed by atoms with E-state index in [4.69, 9.17) is 11.5 Å². The maximum Gasteiger partial charge on any atom is 0.244 e. The molecule has 0 aliphatic rings. The number of nitrogens with one attached hydrogen (secondary N) is 1.